The minimum Gasteiger partial charge on any atom is -0.508 e. The monoisotopic (exact) mass is 292 g/mol. The van der Waals surface area contributed by atoms with E-state index < -0.39 is 11.4 Å². The summed E-state index contributed by atoms with van der Waals surface area (Å²) in [7, 11) is 1.58. The molecule has 0 heterocycles. The number of carboxylic acids is 1. The van der Waals surface area contributed by atoms with Gasteiger partial charge in [-0.05, 0) is 25.0 Å². The van der Waals surface area contributed by atoms with Crippen LogP contribution in [0.3, 0.4) is 0 Å². The fourth-order valence-electron chi connectivity index (χ4n) is 2.70. The van der Waals surface area contributed by atoms with E-state index in [4.69, 9.17) is 0 Å². The van der Waals surface area contributed by atoms with Crippen LogP contribution >= 0.6 is 0 Å². The molecule has 0 bridgehead atoms. The highest BCUT2D eigenvalue weighted by Gasteiger charge is 2.41. The molecule has 1 aliphatic rings. The molecule has 2 amide bonds. The van der Waals surface area contributed by atoms with E-state index in [0.29, 0.717) is 18.5 Å². The number of anilines is 1. The summed E-state index contributed by atoms with van der Waals surface area (Å²) in [6.45, 7) is 0.129. The van der Waals surface area contributed by atoms with Gasteiger partial charge < -0.3 is 15.5 Å². The molecule has 1 saturated carbocycles. The van der Waals surface area contributed by atoms with Gasteiger partial charge in [0, 0.05) is 25.3 Å². The summed E-state index contributed by atoms with van der Waals surface area (Å²) in [4.78, 5) is 24.9. The number of rotatable bonds is 4. The first kappa shape index (κ1) is 15.2. The molecule has 0 unspecified atom stereocenters. The van der Waals surface area contributed by atoms with E-state index in [0.717, 1.165) is 12.8 Å². The molecule has 1 aliphatic carbocycles. The van der Waals surface area contributed by atoms with E-state index in [-0.39, 0.29) is 18.3 Å². The summed E-state index contributed by atoms with van der Waals surface area (Å²) in [6.07, 6.45) is 2.95. The first-order valence-electron chi connectivity index (χ1n) is 6.99. The highest BCUT2D eigenvalue weighted by atomic mass is 16.4. The van der Waals surface area contributed by atoms with Gasteiger partial charge in [0.15, 0.2) is 0 Å². The van der Waals surface area contributed by atoms with Crippen LogP contribution in [0.25, 0.3) is 0 Å². The predicted molar refractivity (Wildman–Crippen MR) is 78.4 cm³/mol. The minimum absolute atomic E-state index is 0.0740. The maximum absolute atomic E-state index is 12.1. The number of amides is 2. The molecule has 0 spiro atoms. The Balaban J connectivity index is 1.99. The molecule has 1 aromatic carbocycles. The lowest BCUT2D eigenvalue weighted by Crippen LogP contribution is -2.45. The number of hydrogen-bond donors (Lipinski definition) is 3. The molecule has 114 valence electrons. The third-order valence-electron chi connectivity index (χ3n) is 4.11. The number of nitrogens with zero attached hydrogens (tertiary/aromatic N) is 1. The minimum atomic E-state index is -0.847. The van der Waals surface area contributed by atoms with Crippen LogP contribution in [0, 0.1) is 5.41 Å². The molecule has 0 radical (unpaired) electrons. The van der Waals surface area contributed by atoms with Crippen LogP contribution in [0.4, 0.5) is 10.5 Å². The first-order valence-corrected chi connectivity index (χ1v) is 6.99. The summed E-state index contributed by atoms with van der Waals surface area (Å²) in [5.74, 6) is -0.773. The number of carbonyl (C=O) groups excluding carboxylic acids is 1. The van der Waals surface area contributed by atoms with E-state index in [1.165, 1.54) is 17.0 Å². The molecule has 1 fully saturated rings. The topological polar surface area (TPSA) is 89.9 Å². The molecule has 0 saturated heterocycles. The van der Waals surface area contributed by atoms with Crippen molar-refractivity contribution in [2.75, 3.05) is 18.5 Å². The van der Waals surface area contributed by atoms with Gasteiger partial charge in [-0.1, -0.05) is 18.9 Å². The van der Waals surface area contributed by atoms with E-state index >= 15 is 0 Å². The molecular formula is C15H20N2O4. The average Bonchev–Trinajstić information content (AvgIpc) is 2.94. The Morgan fingerprint density at radius 1 is 1.33 bits per heavy atom. The fraction of sp³-hybridized carbons (Fsp3) is 0.467. The molecule has 6 nitrogen and oxygen atoms in total. The number of phenols is 1. The maximum Gasteiger partial charge on any atom is 0.321 e. The second-order valence-electron chi connectivity index (χ2n) is 5.53. The number of urea groups is 1. The van der Waals surface area contributed by atoms with Crippen LogP contribution in [0.15, 0.2) is 24.3 Å². The fourth-order valence-corrected chi connectivity index (χ4v) is 2.70. The Bertz CT molecular complexity index is 538. The summed E-state index contributed by atoms with van der Waals surface area (Å²) in [6, 6.07) is 5.95. The Kier molecular flexibility index (Phi) is 4.35. The van der Waals surface area contributed by atoms with Gasteiger partial charge in [-0.15, -0.1) is 0 Å². The smallest absolute Gasteiger partial charge is 0.321 e. The average molecular weight is 292 g/mol. The van der Waals surface area contributed by atoms with Crippen LogP contribution in [-0.4, -0.2) is 35.8 Å². The Labute approximate surface area is 123 Å². The Morgan fingerprint density at radius 3 is 2.57 bits per heavy atom. The standard InChI is InChI=1S/C15H20N2O4/c1-17(11-5-4-6-12(18)9-11)14(21)16-10-15(13(19)20)7-2-3-8-15/h4-6,9,18H,2-3,7-8,10H2,1H3,(H,16,21)(H,19,20). The van der Waals surface area contributed by atoms with Crippen LogP contribution in [0.1, 0.15) is 25.7 Å². The molecule has 21 heavy (non-hydrogen) atoms. The van der Waals surface area contributed by atoms with Gasteiger partial charge >= 0.3 is 12.0 Å². The quantitative estimate of drug-likeness (QED) is 0.793. The molecule has 0 aromatic heterocycles. The zero-order chi connectivity index (χ0) is 15.5. The van der Waals surface area contributed by atoms with E-state index in [2.05, 4.69) is 5.32 Å². The number of phenolic OH excluding ortho intramolecular Hbond substituents is 1. The normalized spacial score (nSPS) is 16.4. The molecule has 2 rings (SSSR count). The SMILES string of the molecule is CN(C(=O)NCC1(C(=O)O)CCCC1)c1cccc(O)c1. The van der Waals surface area contributed by atoms with Gasteiger partial charge in [-0.2, -0.15) is 0 Å². The Morgan fingerprint density at radius 2 is 2.00 bits per heavy atom. The van der Waals surface area contributed by atoms with Crippen LogP contribution in [-0.2, 0) is 4.79 Å². The van der Waals surface area contributed by atoms with Gasteiger partial charge in [0.2, 0.25) is 0 Å². The molecule has 6 heteroatoms. The summed E-state index contributed by atoms with van der Waals surface area (Å²) >= 11 is 0. The third-order valence-corrected chi connectivity index (χ3v) is 4.11. The largest absolute Gasteiger partial charge is 0.508 e. The lowest BCUT2D eigenvalue weighted by molar-refractivity contribution is -0.148. The van der Waals surface area contributed by atoms with Crippen LogP contribution < -0.4 is 10.2 Å². The molecule has 3 N–H and O–H groups in total. The van der Waals surface area contributed by atoms with Crippen LogP contribution in [0.5, 0.6) is 5.75 Å². The van der Waals surface area contributed by atoms with Crippen molar-refractivity contribution in [1.29, 1.82) is 0 Å². The number of benzene rings is 1. The number of aromatic hydroxyl groups is 1. The van der Waals surface area contributed by atoms with Crippen molar-refractivity contribution >= 4 is 17.7 Å². The number of nitrogens with one attached hydrogen (secondary N) is 1. The summed E-state index contributed by atoms with van der Waals surface area (Å²) in [5.41, 5.74) is -0.293. The lowest BCUT2D eigenvalue weighted by Gasteiger charge is -2.26. The molecular weight excluding hydrogens is 272 g/mol. The highest BCUT2D eigenvalue weighted by Crippen LogP contribution is 2.37. The molecule has 0 atom stereocenters. The van der Waals surface area contributed by atoms with Gasteiger partial charge in [0.1, 0.15) is 5.75 Å². The van der Waals surface area contributed by atoms with Crippen molar-refractivity contribution in [2.24, 2.45) is 5.41 Å². The molecule has 0 aliphatic heterocycles. The van der Waals surface area contributed by atoms with Crippen molar-refractivity contribution in [3.05, 3.63) is 24.3 Å². The van der Waals surface area contributed by atoms with Gasteiger partial charge in [0.25, 0.3) is 0 Å². The van der Waals surface area contributed by atoms with Gasteiger partial charge in [-0.25, -0.2) is 4.79 Å². The lowest BCUT2D eigenvalue weighted by atomic mass is 9.86. The number of carboxylic acid groups (broad SMARTS) is 1. The number of hydrogen-bond acceptors (Lipinski definition) is 3. The molecule has 1 aromatic rings. The number of aliphatic carboxylic acids is 1. The predicted octanol–water partition coefficient (Wildman–Crippen LogP) is 2.18. The van der Waals surface area contributed by atoms with E-state index in [9.17, 15) is 19.8 Å². The second kappa shape index (κ2) is 6.03. The zero-order valence-electron chi connectivity index (χ0n) is 12.0. The van der Waals surface area contributed by atoms with E-state index in [1.54, 1.807) is 19.2 Å². The van der Waals surface area contributed by atoms with E-state index in [1.807, 2.05) is 0 Å². The van der Waals surface area contributed by atoms with Gasteiger partial charge in [0.05, 0.1) is 5.41 Å². The van der Waals surface area contributed by atoms with Crippen molar-refractivity contribution in [2.45, 2.75) is 25.7 Å². The second-order valence-corrected chi connectivity index (χ2v) is 5.53. The summed E-state index contributed by atoms with van der Waals surface area (Å²) in [5, 5.41) is 21.5. The number of carbonyl (C=O) groups is 2. The van der Waals surface area contributed by atoms with Crippen molar-refractivity contribution in [1.82, 2.24) is 5.32 Å². The summed E-state index contributed by atoms with van der Waals surface area (Å²) < 4.78 is 0. The maximum atomic E-state index is 12.1. The van der Waals surface area contributed by atoms with Crippen molar-refractivity contribution < 1.29 is 19.8 Å². The van der Waals surface area contributed by atoms with Crippen molar-refractivity contribution in [3.8, 4) is 5.75 Å². The highest BCUT2D eigenvalue weighted by molar-refractivity contribution is 5.92. The van der Waals surface area contributed by atoms with Crippen LogP contribution in [0.2, 0.25) is 0 Å². The first-order chi connectivity index (χ1) is 9.94. The third kappa shape index (κ3) is 3.26. The zero-order valence-corrected chi connectivity index (χ0v) is 12.0. The van der Waals surface area contributed by atoms with Crippen molar-refractivity contribution in [3.63, 3.8) is 0 Å². The Hall–Kier alpha value is -2.24. The van der Waals surface area contributed by atoms with Gasteiger partial charge in [-0.3, -0.25) is 9.69 Å².